The quantitative estimate of drug-likeness (QED) is 0.841. The third-order valence-corrected chi connectivity index (χ3v) is 3.48. The van der Waals surface area contributed by atoms with Crippen molar-refractivity contribution in [3.8, 4) is 0 Å². The minimum atomic E-state index is -0.115. The Morgan fingerprint density at radius 2 is 2.14 bits per heavy atom. The van der Waals surface area contributed by atoms with Gasteiger partial charge in [-0.2, -0.15) is 5.10 Å². The second-order valence-electron chi connectivity index (χ2n) is 4.98. The summed E-state index contributed by atoms with van der Waals surface area (Å²) in [6, 6.07) is 3.71. The van der Waals surface area contributed by atoms with Crippen molar-refractivity contribution in [2.75, 3.05) is 6.54 Å². The van der Waals surface area contributed by atoms with Crippen LogP contribution in [0.1, 0.15) is 41.0 Å². The zero-order valence-electron chi connectivity index (χ0n) is 12.4. The van der Waals surface area contributed by atoms with Crippen LogP contribution in [0.15, 0.2) is 30.7 Å². The number of nitrogens with two attached hydrogens (primary N) is 1. The highest BCUT2D eigenvalue weighted by molar-refractivity contribution is 5.95. The molecule has 21 heavy (non-hydrogen) atoms. The molecule has 1 unspecified atom stereocenters. The van der Waals surface area contributed by atoms with E-state index in [2.05, 4.69) is 15.4 Å². The number of carbonyl (C=O) groups excluding carboxylic acids is 1. The third-order valence-electron chi connectivity index (χ3n) is 3.48. The summed E-state index contributed by atoms with van der Waals surface area (Å²) >= 11 is 0. The SMILES string of the molecule is Cc1c(C(=O)NC(C)c2ccncc2)cnn1CCCN. The van der Waals surface area contributed by atoms with Gasteiger partial charge in [-0.1, -0.05) is 0 Å². The Labute approximate surface area is 124 Å². The standard InChI is InChI=1S/C15H21N5O/c1-11(13-4-7-17-8-5-13)19-15(21)14-10-18-20(12(14)2)9-3-6-16/h4-5,7-8,10-11H,3,6,9,16H2,1-2H3,(H,19,21). The maximum Gasteiger partial charge on any atom is 0.255 e. The second kappa shape index (κ2) is 6.99. The average molecular weight is 287 g/mol. The average Bonchev–Trinajstić information content (AvgIpc) is 2.87. The van der Waals surface area contributed by atoms with E-state index in [4.69, 9.17) is 5.73 Å². The second-order valence-corrected chi connectivity index (χ2v) is 4.98. The first kappa shape index (κ1) is 15.2. The number of hydrogen-bond donors (Lipinski definition) is 2. The monoisotopic (exact) mass is 287 g/mol. The Hall–Kier alpha value is -2.21. The lowest BCUT2D eigenvalue weighted by atomic mass is 10.1. The van der Waals surface area contributed by atoms with Gasteiger partial charge in [0.25, 0.3) is 5.91 Å². The molecule has 0 aliphatic heterocycles. The molecule has 1 atom stereocenters. The van der Waals surface area contributed by atoms with Crippen LogP contribution in [0.4, 0.5) is 0 Å². The molecule has 1 amide bonds. The van der Waals surface area contributed by atoms with Gasteiger partial charge in [0.1, 0.15) is 0 Å². The molecule has 112 valence electrons. The van der Waals surface area contributed by atoms with Crippen molar-refractivity contribution >= 4 is 5.91 Å². The predicted molar refractivity (Wildman–Crippen MR) is 80.8 cm³/mol. The molecule has 0 spiro atoms. The van der Waals surface area contributed by atoms with E-state index < -0.39 is 0 Å². The Morgan fingerprint density at radius 3 is 2.81 bits per heavy atom. The van der Waals surface area contributed by atoms with Gasteiger partial charge in [0, 0.05) is 24.6 Å². The van der Waals surface area contributed by atoms with Gasteiger partial charge in [0.15, 0.2) is 0 Å². The molecule has 2 rings (SSSR count). The van der Waals surface area contributed by atoms with Crippen molar-refractivity contribution < 1.29 is 4.79 Å². The highest BCUT2D eigenvalue weighted by atomic mass is 16.1. The number of rotatable bonds is 6. The summed E-state index contributed by atoms with van der Waals surface area (Å²) in [5.41, 5.74) is 7.99. The number of aryl methyl sites for hydroxylation is 1. The summed E-state index contributed by atoms with van der Waals surface area (Å²) in [5, 5.41) is 7.22. The van der Waals surface area contributed by atoms with E-state index in [-0.39, 0.29) is 11.9 Å². The lowest BCUT2D eigenvalue weighted by molar-refractivity contribution is 0.0939. The Bertz CT molecular complexity index is 593. The van der Waals surface area contributed by atoms with E-state index in [1.54, 1.807) is 18.6 Å². The van der Waals surface area contributed by atoms with Crippen LogP contribution in [0.5, 0.6) is 0 Å². The minimum absolute atomic E-state index is 0.0766. The molecule has 6 heteroatoms. The third kappa shape index (κ3) is 3.66. The number of aromatic nitrogens is 3. The van der Waals surface area contributed by atoms with Gasteiger partial charge in [-0.25, -0.2) is 0 Å². The van der Waals surface area contributed by atoms with Gasteiger partial charge >= 0.3 is 0 Å². The summed E-state index contributed by atoms with van der Waals surface area (Å²) in [6.45, 7) is 5.19. The number of hydrogen-bond acceptors (Lipinski definition) is 4. The highest BCUT2D eigenvalue weighted by Crippen LogP contribution is 2.13. The van der Waals surface area contributed by atoms with E-state index in [0.717, 1.165) is 24.2 Å². The molecule has 2 aromatic heterocycles. The van der Waals surface area contributed by atoms with Crippen LogP contribution in [-0.2, 0) is 6.54 Å². The molecule has 0 aliphatic carbocycles. The molecular formula is C15H21N5O. The lowest BCUT2D eigenvalue weighted by Crippen LogP contribution is -2.27. The van der Waals surface area contributed by atoms with E-state index in [1.165, 1.54) is 0 Å². The zero-order valence-corrected chi connectivity index (χ0v) is 12.4. The first-order chi connectivity index (χ1) is 10.1. The van der Waals surface area contributed by atoms with Crippen molar-refractivity contribution in [2.45, 2.75) is 32.9 Å². The van der Waals surface area contributed by atoms with Crippen LogP contribution < -0.4 is 11.1 Å². The van der Waals surface area contributed by atoms with E-state index in [0.29, 0.717) is 12.1 Å². The van der Waals surface area contributed by atoms with Crippen LogP contribution in [-0.4, -0.2) is 27.2 Å². The fraction of sp³-hybridized carbons (Fsp3) is 0.400. The van der Waals surface area contributed by atoms with E-state index >= 15 is 0 Å². The summed E-state index contributed by atoms with van der Waals surface area (Å²) < 4.78 is 1.82. The maximum absolute atomic E-state index is 12.3. The van der Waals surface area contributed by atoms with Gasteiger partial charge in [-0.3, -0.25) is 14.5 Å². The topological polar surface area (TPSA) is 85.8 Å². The fourth-order valence-electron chi connectivity index (χ4n) is 2.15. The maximum atomic E-state index is 12.3. The normalized spacial score (nSPS) is 12.1. The molecule has 3 N–H and O–H groups in total. The highest BCUT2D eigenvalue weighted by Gasteiger charge is 2.16. The van der Waals surface area contributed by atoms with Crippen LogP contribution in [0.3, 0.4) is 0 Å². The van der Waals surface area contributed by atoms with Crippen LogP contribution in [0.2, 0.25) is 0 Å². The molecule has 2 aromatic rings. The Balaban J connectivity index is 2.05. The van der Waals surface area contributed by atoms with Crippen molar-refractivity contribution in [3.05, 3.63) is 47.5 Å². The van der Waals surface area contributed by atoms with Gasteiger partial charge < -0.3 is 11.1 Å². The molecule has 0 aromatic carbocycles. The van der Waals surface area contributed by atoms with Crippen LogP contribution >= 0.6 is 0 Å². The molecule has 6 nitrogen and oxygen atoms in total. The van der Waals surface area contributed by atoms with Crippen molar-refractivity contribution in [3.63, 3.8) is 0 Å². The van der Waals surface area contributed by atoms with E-state index in [9.17, 15) is 4.79 Å². The van der Waals surface area contributed by atoms with Crippen molar-refractivity contribution in [2.24, 2.45) is 5.73 Å². The summed E-state index contributed by atoms with van der Waals surface area (Å²) in [7, 11) is 0. The summed E-state index contributed by atoms with van der Waals surface area (Å²) in [6.07, 6.45) is 5.89. The molecular weight excluding hydrogens is 266 g/mol. The number of nitrogens with zero attached hydrogens (tertiary/aromatic N) is 3. The molecule has 0 saturated carbocycles. The molecule has 0 aliphatic rings. The minimum Gasteiger partial charge on any atom is -0.345 e. The smallest absolute Gasteiger partial charge is 0.255 e. The van der Waals surface area contributed by atoms with Crippen LogP contribution in [0, 0.1) is 6.92 Å². The number of carbonyl (C=O) groups is 1. The van der Waals surface area contributed by atoms with Crippen LogP contribution in [0.25, 0.3) is 0 Å². The van der Waals surface area contributed by atoms with E-state index in [1.807, 2.05) is 30.7 Å². The zero-order chi connectivity index (χ0) is 15.2. The number of pyridine rings is 1. The van der Waals surface area contributed by atoms with Crippen molar-refractivity contribution in [1.29, 1.82) is 0 Å². The number of nitrogens with one attached hydrogen (secondary N) is 1. The first-order valence-electron chi connectivity index (χ1n) is 7.06. The van der Waals surface area contributed by atoms with Gasteiger partial charge in [0.2, 0.25) is 0 Å². The van der Waals surface area contributed by atoms with Crippen molar-refractivity contribution in [1.82, 2.24) is 20.1 Å². The predicted octanol–water partition coefficient (Wildman–Crippen LogP) is 1.43. The summed E-state index contributed by atoms with van der Waals surface area (Å²) in [5.74, 6) is -0.115. The van der Waals surface area contributed by atoms with Gasteiger partial charge in [-0.15, -0.1) is 0 Å². The lowest BCUT2D eigenvalue weighted by Gasteiger charge is -2.14. The molecule has 0 fully saturated rings. The Morgan fingerprint density at radius 1 is 1.43 bits per heavy atom. The van der Waals surface area contributed by atoms with Gasteiger partial charge in [0.05, 0.1) is 17.8 Å². The molecule has 0 radical (unpaired) electrons. The Kier molecular flexibility index (Phi) is 5.05. The first-order valence-corrected chi connectivity index (χ1v) is 7.06. The largest absolute Gasteiger partial charge is 0.345 e. The number of amides is 1. The van der Waals surface area contributed by atoms with Gasteiger partial charge in [-0.05, 0) is 44.5 Å². The fourth-order valence-corrected chi connectivity index (χ4v) is 2.15. The summed E-state index contributed by atoms with van der Waals surface area (Å²) in [4.78, 5) is 16.3. The molecule has 0 bridgehead atoms. The molecule has 2 heterocycles. The molecule has 0 saturated heterocycles.